The van der Waals surface area contributed by atoms with Gasteiger partial charge in [-0.05, 0) is 56.0 Å². The lowest BCUT2D eigenvalue weighted by atomic mass is 10.0. The van der Waals surface area contributed by atoms with E-state index in [0.29, 0.717) is 56.8 Å². The van der Waals surface area contributed by atoms with Crippen molar-refractivity contribution in [2.24, 2.45) is 0 Å². The van der Waals surface area contributed by atoms with E-state index in [1.165, 1.54) is 13.0 Å². The van der Waals surface area contributed by atoms with Crippen molar-refractivity contribution in [1.29, 1.82) is 0 Å². The van der Waals surface area contributed by atoms with Gasteiger partial charge in [-0.25, -0.2) is 0 Å². The van der Waals surface area contributed by atoms with Gasteiger partial charge in [-0.2, -0.15) is 0 Å². The Hall–Kier alpha value is -3.02. The number of carbonyl (C=O) groups excluding carboxylic acids is 2. The molecule has 0 amide bonds. The number of carbonyl (C=O) groups is 2. The number of ketones is 1. The standard InChI is InChI=1S/C24H30O6/c1-4-19-15-21(17(3)25)22(26)16-23(19)30-13-7-12-29-20-9-6-8-18(14-20)10-11-24(27)28-5-2/h6,8-9,14-16,26H,4-5,7,10-13H2,1-3H3. The van der Waals surface area contributed by atoms with Crippen molar-refractivity contribution in [3.63, 3.8) is 0 Å². The third kappa shape index (κ3) is 7.10. The van der Waals surface area contributed by atoms with Crippen LogP contribution in [0.2, 0.25) is 0 Å². The number of Topliss-reactive ketones (excluding diaryl/α,β-unsaturated/α-hetero) is 1. The quantitative estimate of drug-likeness (QED) is 0.313. The number of esters is 1. The van der Waals surface area contributed by atoms with Gasteiger partial charge in [0.25, 0.3) is 0 Å². The summed E-state index contributed by atoms with van der Waals surface area (Å²) in [4.78, 5) is 23.0. The van der Waals surface area contributed by atoms with Crippen molar-refractivity contribution in [3.05, 3.63) is 53.1 Å². The lowest BCUT2D eigenvalue weighted by Crippen LogP contribution is -2.07. The van der Waals surface area contributed by atoms with Gasteiger partial charge < -0.3 is 19.3 Å². The lowest BCUT2D eigenvalue weighted by Gasteiger charge is -2.13. The zero-order valence-corrected chi connectivity index (χ0v) is 17.9. The molecule has 30 heavy (non-hydrogen) atoms. The molecule has 0 aliphatic heterocycles. The summed E-state index contributed by atoms with van der Waals surface area (Å²) in [6.07, 6.45) is 2.31. The highest BCUT2D eigenvalue weighted by Gasteiger charge is 2.12. The molecule has 0 aromatic heterocycles. The predicted molar refractivity (Wildman–Crippen MR) is 114 cm³/mol. The average Bonchev–Trinajstić information content (AvgIpc) is 2.72. The first-order valence-corrected chi connectivity index (χ1v) is 10.3. The van der Waals surface area contributed by atoms with Gasteiger partial charge in [-0.15, -0.1) is 0 Å². The second-order valence-electron chi connectivity index (χ2n) is 6.89. The maximum atomic E-state index is 11.6. The molecule has 0 fully saturated rings. The molecule has 2 aromatic carbocycles. The number of aromatic hydroxyl groups is 1. The Morgan fingerprint density at radius 3 is 2.50 bits per heavy atom. The summed E-state index contributed by atoms with van der Waals surface area (Å²) in [5.41, 5.74) is 2.21. The molecule has 0 bridgehead atoms. The molecular formula is C24H30O6. The number of phenols is 1. The number of aryl methyl sites for hydroxylation is 2. The van der Waals surface area contributed by atoms with Crippen molar-refractivity contribution < 1.29 is 28.9 Å². The third-order valence-corrected chi connectivity index (χ3v) is 4.58. The largest absolute Gasteiger partial charge is 0.507 e. The highest BCUT2D eigenvalue weighted by atomic mass is 16.5. The number of ether oxygens (including phenoxy) is 3. The van der Waals surface area contributed by atoms with E-state index >= 15 is 0 Å². The van der Waals surface area contributed by atoms with Crippen LogP contribution in [0.1, 0.15) is 55.1 Å². The van der Waals surface area contributed by atoms with E-state index in [0.717, 1.165) is 16.9 Å². The number of benzene rings is 2. The Bertz CT molecular complexity index is 859. The highest BCUT2D eigenvalue weighted by Crippen LogP contribution is 2.29. The van der Waals surface area contributed by atoms with Crippen molar-refractivity contribution in [1.82, 2.24) is 0 Å². The van der Waals surface area contributed by atoms with Crippen molar-refractivity contribution in [2.45, 2.75) is 46.5 Å². The maximum Gasteiger partial charge on any atom is 0.306 e. The summed E-state index contributed by atoms with van der Waals surface area (Å²) in [5, 5.41) is 10.0. The van der Waals surface area contributed by atoms with Gasteiger partial charge in [0.1, 0.15) is 17.2 Å². The summed E-state index contributed by atoms with van der Waals surface area (Å²) in [5.74, 6) is 0.891. The van der Waals surface area contributed by atoms with Crippen LogP contribution in [-0.4, -0.2) is 36.7 Å². The fourth-order valence-corrected chi connectivity index (χ4v) is 3.01. The molecule has 6 nitrogen and oxygen atoms in total. The fourth-order valence-electron chi connectivity index (χ4n) is 3.01. The normalized spacial score (nSPS) is 10.5. The Kier molecular flexibility index (Phi) is 9.19. The SMILES string of the molecule is CCOC(=O)CCc1cccc(OCCCOc2cc(O)c(C(C)=O)cc2CC)c1. The molecule has 0 spiro atoms. The van der Waals surface area contributed by atoms with E-state index in [9.17, 15) is 14.7 Å². The van der Waals surface area contributed by atoms with Crippen LogP contribution >= 0.6 is 0 Å². The van der Waals surface area contributed by atoms with E-state index in [-0.39, 0.29) is 17.5 Å². The van der Waals surface area contributed by atoms with Crippen LogP contribution in [-0.2, 0) is 22.4 Å². The van der Waals surface area contributed by atoms with Gasteiger partial charge in [-0.1, -0.05) is 19.1 Å². The topological polar surface area (TPSA) is 82.1 Å². The molecule has 6 heteroatoms. The summed E-state index contributed by atoms with van der Waals surface area (Å²) in [6.45, 7) is 6.49. The molecule has 1 N–H and O–H groups in total. The molecule has 0 heterocycles. The first kappa shape index (κ1) is 23.3. The molecule has 0 saturated carbocycles. The van der Waals surface area contributed by atoms with E-state index in [4.69, 9.17) is 14.2 Å². The first-order valence-electron chi connectivity index (χ1n) is 10.3. The summed E-state index contributed by atoms with van der Waals surface area (Å²) >= 11 is 0. The number of phenolic OH excluding ortho intramolecular Hbond substituents is 1. The monoisotopic (exact) mass is 414 g/mol. The van der Waals surface area contributed by atoms with Crippen LogP contribution in [0.4, 0.5) is 0 Å². The van der Waals surface area contributed by atoms with Crippen LogP contribution in [0.5, 0.6) is 17.2 Å². The number of hydrogen-bond acceptors (Lipinski definition) is 6. The van der Waals surface area contributed by atoms with Gasteiger partial charge in [0, 0.05) is 18.9 Å². The Balaban J connectivity index is 1.80. The minimum absolute atomic E-state index is 0.0643. The Morgan fingerprint density at radius 2 is 1.80 bits per heavy atom. The highest BCUT2D eigenvalue weighted by molar-refractivity contribution is 5.97. The Morgan fingerprint density at radius 1 is 1.03 bits per heavy atom. The van der Waals surface area contributed by atoms with Gasteiger partial charge in [0.05, 0.1) is 25.4 Å². The minimum Gasteiger partial charge on any atom is -0.507 e. The van der Waals surface area contributed by atoms with Gasteiger partial charge in [0.15, 0.2) is 5.78 Å². The predicted octanol–water partition coefficient (Wildman–Crippen LogP) is 4.50. The number of hydrogen-bond donors (Lipinski definition) is 1. The lowest BCUT2D eigenvalue weighted by molar-refractivity contribution is -0.143. The smallest absolute Gasteiger partial charge is 0.306 e. The molecule has 0 unspecified atom stereocenters. The van der Waals surface area contributed by atoms with Crippen molar-refractivity contribution >= 4 is 11.8 Å². The molecule has 162 valence electrons. The molecule has 0 aliphatic rings. The van der Waals surface area contributed by atoms with Gasteiger partial charge in [0.2, 0.25) is 0 Å². The average molecular weight is 414 g/mol. The van der Waals surface area contributed by atoms with Crippen LogP contribution < -0.4 is 9.47 Å². The summed E-state index contributed by atoms with van der Waals surface area (Å²) in [7, 11) is 0. The van der Waals surface area contributed by atoms with Gasteiger partial charge in [-0.3, -0.25) is 9.59 Å². The first-order chi connectivity index (χ1) is 14.4. The molecule has 0 radical (unpaired) electrons. The molecule has 0 atom stereocenters. The molecule has 2 aromatic rings. The Labute approximate surface area is 177 Å². The van der Waals surface area contributed by atoms with Crippen LogP contribution in [0.25, 0.3) is 0 Å². The summed E-state index contributed by atoms with van der Waals surface area (Å²) < 4.78 is 16.5. The second kappa shape index (κ2) is 11.9. The summed E-state index contributed by atoms with van der Waals surface area (Å²) in [6, 6.07) is 10.9. The third-order valence-electron chi connectivity index (χ3n) is 4.58. The van der Waals surface area contributed by atoms with E-state index in [2.05, 4.69) is 0 Å². The second-order valence-corrected chi connectivity index (χ2v) is 6.89. The van der Waals surface area contributed by atoms with E-state index in [1.54, 1.807) is 13.0 Å². The molecule has 0 aliphatic carbocycles. The minimum atomic E-state index is -0.199. The van der Waals surface area contributed by atoms with Gasteiger partial charge >= 0.3 is 5.97 Å². The maximum absolute atomic E-state index is 11.6. The van der Waals surface area contributed by atoms with Crippen LogP contribution in [0.3, 0.4) is 0 Å². The van der Waals surface area contributed by atoms with E-state index < -0.39 is 0 Å². The zero-order valence-electron chi connectivity index (χ0n) is 17.9. The molecule has 2 rings (SSSR count). The van der Waals surface area contributed by atoms with E-state index in [1.807, 2.05) is 31.2 Å². The van der Waals surface area contributed by atoms with Crippen LogP contribution in [0.15, 0.2) is 36.4 Å². The molecular weight excluding hydrogens is 384 g/mol. The molecule has 0 saturated heterocycles. The van der Waals surface area contributed by atoms with Crippen LogP contribution in [0, 0.1) is 0 Å². The van der Waals surface area contributed by atoms with Crippen molar-refractivity contribution in [3.8, 4) is 17.2 Å². The van der Waals surface area contributed by atoms with Crippen molar-refractivity contribution in [2.75, 3.05) is 19.8 Å². The zero-order chi connectivity index (χ0) is 21.9. The fraction of sp³-hybridized carbons (Fsp3) is 0.417. The number of rotatable bonds is 12.